The largest absolute Gasteiger partial charge is 0.395 e. The number of rotatable bonds is 9. The van der Waals surface area contributed by atoms with Crippen LogP contribution in [-0.2, 0) is 0 Å². The van der Waals surface area contributed by atoms with Gasteiger partial charge in [0, 0.05) is 25.2 Å². The monoisotopic (exact) mass is 290 g/mol. The number of aliphatic hydroxyl groups is 1. The predicted molar refractivity (Wildman–Crippen MR) is 88.3 cm³/mol. The normalized spacial score (nSPS) is 18.5. The number of nitrogens with one attached hydrogen (secondary N) is 1. The lowest BCUT2D eigenvalue weighted by atomic mass is 9.88. The van der Waals surface area contributed by atoms with Crippen LogP contribution in [0.5, 0.6) is 0 Å². The summed E-state index contributed by atoms with van der Waals surface area (Å²) in [5, 5.41) is 13.0. The number of aliphatic hydroxyl groups excluding tert-OH is 1. The fraction of sp³-hybridized carbons (Fsp3) is 0.667. The zero-order valence-corrected chi connectivity index (χ0v) is 13.5. The van der Waals surface area contributed by atoms with E-state index in [0.29, 0.717) is 18.0 Å². The van der Waals surface area contributed by atoms with E-state index in [4.69, 9.17) is 0 Å². The Bertz CT molecular complexity index is 391. The first-order chi connectivity index (χ1) is 10.3. The van der Waals surface area contributed by atoms with E-state index in [9.17, 15) is 5.11 Å². The first-order valence-electron chi connectivity index (χ1n) is 8.39. The summed E-state index contributed by atoms with van der Waals surface area (Å²) in [5.41, 5.74) is 1.37. The lowest BCUT2D eigenvalue weighted by Gasteiger charge is -2.40. The van der Waals surface area contributed by atoms with Crippen molar-refractivity contribution in [2.75, 3.05) is 26.2 Å². The Morgan fingerprint density at radius 3 is 2.52 bits per heavy atom. The van der Waals surface area contributed by atoms with E-state index in [1.54, 1.807) is 0 Å². The molecule has 118 valence electrons. The first kappa shape index (κ1) is 16.5. The minimum atomic E-state index is 0.264. The molecule has 3 heteroatoms. The lowest BCUT2D eigenvalue weighted by Crippen LogP contribution is -2.45. The van der Waals surface area contributed by atoms with Gasteiger partial charge in [0.1, 0.15) is 0 Å². The van der Waals surface area contributed by atoms with Crippen LogP contribution in [0, 0.1) is 5.92 Å². The van der Waals surface area contributed by atoms with Gasteiger partial charge in [-0.2, -0.15) is 0 Å². The molecule has 0 saturated heterocycles. The molecule has 21 heavy (non-hydrogen) atoms. The quantitative estimate of drug-likeness (QED) is 0.734. The Kier molecular flexibility index (Phi) is 6.68. The van der Waals surface area contributed by atoms with Crippen molar-refractivity contribution in [3.63, 3.8) is 0 Å². The Hall–Kier alpha value is -0.900. The van der Waals surface area contributed by atoms with Crippen LogP contribution < -0.4 is 5.32 Å². The summed E-state index contributed by atoms with van der Waals surface area (Å²) in [5.74, 6) is 0.527. The predicted octanol–water partition coefficient (Wildman–Crippen LogP) is 2.82. The van der Waals surface area contributed by atoms with E-state index in [-0.39, 0.29) is 6.61 Å². The van der Waals surface area contributed by atoms with Crippen LogP contribution in [0.2, 0.25) is 0 Å². The number of hydrogen-bond donors (Lipinski definition) is 2. The molecule has 0 heterocycles. The highest BCUT2D eigenvalue weighted by molar-refractivity contribution is 5.19. The summed E-state index contributed by atoms with van der Waals surface area (Å²) >= 11 is 0. The van der Waals surface area contributed by atoms with Crippen LogP contribution in [0.1, 0.15) is 44.7 Å². The van der Waals surface area contributed by atoms with Gasteiger partial charge in [0.15, 0.2) is 0 Å². The van der Waals surface area contributed by atoms with Crippen molar-refractivity contribution in [2.45, 2.75) is 45.2 Å². The fourth-order valence-corrected chi connectivity index (χ4v) is 3.31. The third-order valence-electron chi connectivity index (χ3n) is 4.65. The average molecular weight is 290 g/mol. The second kappa shape index (κ2) is 8.52. The zero-order chi connectivity index (χ0) is 15.1. The van der Waals surface area contributed by atoms with Crippen LogP contribution in [0.15, 0.2) is 30.3 Å². The summed E-state index contributed by atoms with van der Waals surface area (Å²) in [7, 11) is 0. The molecule has 0 amide bonds. The van der Waals surface area contributed by atoms with Crippen molar-refractivity contribution < 1.29 is 5.11 Å². The second-order valence-electron chi connectivity index (χ2n) is 6.23. The molecule has 0 radical (unpaired) electrons. The molecular formula is C18H30N2O. The molecule has 2 atom stereocenters. The van der Waals surface area contributed by atoms with E-state index in [0.717, 1.165) is 19.6 Å². The molecule has 3 nitrogen and oxygen atoms in total. The summed E-state index contributed by atoms with van der Waals surface area (Å²) in [6, 6.07) is 11.8. The molecule has 2 N–H and O–H groups in total. The van der Waals surface area contributed by atoms with Crippen molar-refractivity contribution in [1.82, 2.24) is 10.2 Å². The van der Waals surface area contributed by atoms with E-state index >= 15 is 0 Å². The van der Waals surface area contributed by atoms with E-state index < -0.39 is 0 Å². The van der Waals surface area contributed by atoms with E-state index in [2.05, 4.69) is 54.4 Å². The molecule has 0 aromatic heterocycles. The van der Waals surface area contributed by atoms with Crippen molar-refractivity contribution >= 4 is 0 Å². The Morgan fingerprint density at radius 1 is 1.29 bits per heavy atom. The highest BCUT2D eigenvalue weighted by atomic mass is 16.3. The van der Waals surface area contributed by atoms with Crippen LogP contribution in [0.3, 0.4) is 0 Å². The molecule has 2 rings (SSSR count). The molecule has 0 bridgehead atoms. The van der Waals surface area contributed by atoms with Crippen LogP contribution in [0.25, 0.3) is 0 Å². The van der Waals surface area contributed by atoms with Crippen molar-refractivity contribution in [3.05, 3.63) is 35.9 Å². The van der Waals surface area contributed by atoms with Gasteiger partial charge in [-0.1, -0.05) is 50.6 Å². The van der Waals surface area contributed by atoms with Gasteiger partial charge >= 0.3 is 0 Å². The molecule has 1 aromatic carbocycles. The second-order valence-corrected chi connectivity index (χ2v) is 6.23. The van der Waals surface area contributed by atoms with Crippen LogP contribution in [0.4, 0.5) is 0 Å². The maximum atomic E-state index is 9.32. The lowest BCUT2D eigenvalue weighted by molar-refractivity contribution is 0.0807. The maximum absolute atomic E-state index is 9.32. The average Bonchev–Trinajstić information content (AvgIpc) is 2.44. The number of nitrogens with zero attached hydrogens (tertiary/aromatic N) is 1. The summed E-state index contributed by atoms with van der Waals surface area (Å²) in [6.07, 6.45) is 3.93. The van der Waals surface area contributed by atoms with Gasteiger partial charge in [-0.25, -0.2) is 0 Å². The molecular weight excluding hydrogens is 260 g/mol. The minimum Gasteiger partial charge on any atom is -0.395 e. The number of benzene rings is 1. The molecule has 1 aromatic rings. The fourth-order valence-electron chi connectivity index (χ4n) is 3.31. The van der Waals surface area contributed by atoms with Crippen LogP contribution in [-0.4, -0.2) is 42.3 Å². The van der Waals surface area contributed by atoms with Gasteiger partial charge in [0.05, 0.1) is 6.61 Å². The van der Waals surface area contributed by atoms with Crippen molar-refractivity contribution in [2.24, 2.45) is 5.92 Å². The zero-order valence-electron chi connectivity index (χ0n) is 13.5. The molecule has 1 aliphatic carbocycles. The third kappa shape index (κ3) is 4.53. The van der Waals surface area contributed by atoms with Gasteiger partial charge in [0.2, 0.25) is 0 Å². The summed E-state index contributed by atoms with van der Waals surface area (Å²) in [6.45, 7) is 7.59. The van der Waals surface area contributed by atoms with Crippen LogP contribution >= 0.6 is 0 Å². The Balaban J connectivity index is 2.01. The van der Waals surface area contributed by atoms with Gasteiger partial charge in [-0.3, -0.25) is 4.90 Å². The van der Waals surface area contributed by atoms with Gasteiger partial charge < -0.3 is 10.4 Å². The van der Waals surface area contributed by atoms with E-state index in [1.807, 2.05) is 0 Å². The number of hydrogen-bond acceptors (Lipinski definition) is 3. The maximum Gasteiger partial charge on any atom is 0.0558 e. The van der Waals surface area contributed by atoms with Gasteiger partial charge in [0.25, 0.3) is 0 Å². The van der Waals surface area contributed by atoms with E-state index in [1.165, 1.54) is 24.8 Å². The molecule has 0 aliphatic heterocycles. The van der Waals surface area contributed by atoms with Gasteiger partial charge in [-0.05, 0) is 30.9 Å². The standard InChI is InChI=1S/C18H30N2O/c1-3-19-18(16-8-5-4-6-9-16)15(2)14-20(12-13-21)17-10-7-11-17/h4-6,8-9,15,17-19,21H,3,7,10-14H2,1-2H3. The Labute approximate surface area is 129 Å². The Morgan fingerprint density at radius 2 is 2.00 bits per heavy atom. The molecule has 0 spiro atoms. The first-order valence-corrected chi connectivity index (χ1v) is 8.39. The highest BCUT2D eigenvalue weighted by Crippen LogP contribution is 2.28. The highest BCUT2D eigenvalue weighted by Gasteiger charge is 2.28. The topological polar surface area (TPSA) is 35.5 Å². The minimum absolute atomic E-state index is 0.264. The summed E-state index contributed by atoms with van der Waals surface area (Å²) < 4.78 is 0. The molecule has 1 fully saturated rings. The summed E-state index contributed by atoms with van der Waals surface area (Å²) in [4.78, 5) is 2.49. The third-order valence-corrected chi connectivity index (χ3v) is 4.65. The van der Waals surface area contributed by atoms with Crippen molar-refractivity contribution in [3.8, 4) is 0 Å². The smallest absolute Gasteiger partial charge is 0.0558 e. The van der Waals surface area contributed by atoms with Gasteiger partial charge in [-0.15, -0.1) is 0 Å². The molecule has 1 aliphatic rings. The van der Waals surface area contributed by atoms with Crippen molar-refractivity contribution in [1.29, 1.82) is 0 Å². The molecule has 1 saturated carbocycles. The molecule has 2 unspecified atom stereocenters. The SMILES string of the molecule is CCNC(c1ccccc1)C(C)CN(CCO)C1CCC1.